The average Bonchev–Trinajstić information content (AvgIpc) is 2.51. The van der Waals surface area contributed by atoms with Crippen LogP contribution in [0.25, 0.3) is 0 Å². The SMILES string of the molecule is Nc1c(I)ccnc1N1C[C@@H](F)[C@@H](F)C1. The molecule has 0 bridgehead atoms. The number of alkyl halides is 2. The van der Waals surface area contributed by atoms with E-state index in [1.54, 1.807) is 17.2 Å². The van der Waals surface area contributed by atoms with Crippen LogP contribution in [0.4, 0.5) is 20.3 Å². The summed E-state index contributed by atoms with van der Waals surface area (Å²) in [7, 11) is 0. The van der Waals surface area contributed by atoms with Crippen molar-refractivity contribution in [3.05, 3.63) is 15.8 Å². The van der Waals surface area contributed by atoms with Gasteiger partial charge < -0.3 is 10.6 Å². The third-order valence-electron chi connectivity index (χ3n) is 2.40. The fraction of sp³-hybridized carbons (Fsp3) is 0.444. The minimum atomic E-state index is -1.44. The second-order valence-electron chi connectivity index (χ2n) is 3.47. The van der Waals surface area contributed by atoms with Crippen molar-refractivity contribution in [2.45, 2.75) is 12.3 Å². The maximum absolute atomic E-state index is 13.0. The van der Waals surface area contributed by atoms with Crippen molar-refractivity contribution in [1.29, 1.82) is 0 Å². The highest BCUT2D eigenvalue weighted by Gasteiger charge is 2.34. The summed E-state index contributed by atoms with van der Waals surface area (Å²) in [6.07, 6.45) is -1.29. The van der Waals surface area contributed by atoms with Crippen LogP contribution in [0.5, 0.6) is 0 Å². The molecule has 0 saturated carbocycles. The van der Waals surface area contributed by atoms with Gasteiger partial charge in [-0.3, -0.25) is 0 Å². The largest absolute Gasteiger partial charge is 0.395 e. The molecule has 0 aromatic carbocycles. The van der Waals surface area contributed by atoms with Gasteiger partial charge in [-0.25, -0.2) is 13.8 Å². The molecule has 1 aliphatic rings. The normalized spacial score (nSPS) is 25.9. The van der Waals surface area contributed by atoms with Crippen LogP contribution >= 0.6 is 22.6 Å². The van der Waals surface area contributed by atoms with E-state index in [0.717, 1.165) is 3.57 Å². The van der Waals surface area contributed by atoms with Gasteiger partial charge in [-0.15, -0.1) is 0 Å². The maximum atomic E-state index is 13.0. The first-order valence-electron chi connectivity index (χ1n) is 4.52. The smallest absolute Gasteiger partial charge is 0.153 e. The van der Waals surface area contributed by atoms with Gasteiger partial charge >= 0.3 is 0 Å². The molecular formula is C9H10F2IN3. The van der Waals surface area contributed by atoms with E-state index in [-0.39, 0.29) is 13.1 Å². The quantitative estimate of drug-likeness (QED) is 0.800. The Hall–Kier alpha value is -0.660. The predicted molar refractivity (Wildman–Crippen MR) is 63.4 cm³/mol. The molecule has 1 aromatic heterocycles. The second-order valence-corrected chi connectivity index (χ2v) is 4.63. The third-order valence-corrected chi connectivity index (χ3v) is 3.34. The van der Waals surface area contributed by atoms with Crippen molar-refractivity contribution >= 4 is 34.1 Å². The van der Waals surface area contributed by atoms with E-state index < -0.39 is 12.3 Å². The highest BCUT2D eigenvalue weighted by molar-refractivity contribution is 14.1. The number of anilines is 2. The van der Waals surface area contributed by atoms with Crippen LogP contribution in [-0.4, -0.2) is 30.4 Å². The Labute approximate surface area is 99.8 Å². The molecule has 15 heavy (non-hydrogen) atoms. The van der Waals surface area contributed by atoms with E-state index >= 15 is 0 Å². The molecular weight excluding hydrogens is 315 g/mol. The molecule has 0 aliphatic carbocycles. The summed E-state index contributed by atoms with van der Waals surface area (Å²) in [5.41, 5.74) is 6.28. The number of nitrogen functional groups attached to an aromatic ring is 1. The molecule has 1 fully saturated rings. The first-order chi connectivity index (χ1) is 7.09. The van der Waals surface area contributed by atoms with E-state index in [4.69, 9.17) is 5.73 Å². The minimum Gasteiger partial charge on any atom is -0.395 e. The lowest BCUT2D eigenvalue weighted by Gasteiger charge is -2.18. The van der Waals surface area contributed by atoms with Gasteiger partial charge in [0.05, 0.1) is 18.8 Å². The molecule has 0 radical (unpaired) electrons. The lowest BCUT2D eigenvalue weighted by molar-refractivity contribution is 0.217. The molecule has 3 nitrogen and oxygen atoms in total. The van der Waals surface area contributed by atoms with Gasteiger partial charge in [-0.1, -0.05) is 0 Å². The Bertz CT molecular complexity index is 364. The van der Waals surface area contributed by atoms with Gasteiger partial charge in [0.25, 0.3) is 0 Å². The van der Waals surface area contributed by atoms with Crippen molar-refractivity contribution in [2.75, 3.05) is 23.7 Å². The minimum absolute atomic E-state index is 0.0263. The van der Waals surface area contributed by atoms with Crippen molar-refractivity contribution in [3.63, 3.8) is 0 Å². The highest BCUT2D eigenvalue weighted by Crippen LogP contribution is 2.29. The summed E-state index contributed by atoms with van der Waals surface area (Å²) in [5.74, 6) is 0.477. The van der Waals surface area contributed by atoms with Crippen molar-refractivity contribution in [3.8, 4) is 0 Å². The molecule has 2 heterocycles. The van der Waals surface area contributed by atoms with E-state index in [1.165, 1.54) is 0 Å². The van der Waals surface area contributed by atoms with Gasteiger partial charge in [-0.05, 0) is 28.7 Å². The summed E-state index contributed by atoms with van der Waals surface area (Å²) in [5, 5.41) is 0. The van der Waals surface area contributed by atoms with Gasteiger partial charge in [0.15, 0.2) is 18.2 Å². The van der Waals surface area contributed by atoms with Gasteiger partial charge in [0, 0.05) is 9.77 Å². The Kier molecular flexibility index (Phi) is 2.94. The predicted octanol–water partition coefficient (Wildman–Crippen LogP) is 1.76. The van der Waals surface area contributed by atoms with Crippen LogP contribution in [0.1, 0.15) is 0 Å². The maximum Gasteiger partial charge on any atom is 0.153 e. The molecule has 82 valence electrons. The topological polar surface area (TPSA) is 42.1 Å². The average molecular weight is 325 g/mol. The van der Waals surface area contributed by atoms with Crippen molar-refractivity contribution in [1.82, 2.24) is 4.98 Å². The fourth-order valence-corrected chi connectivity index (χ4v) is 1.99. The molecule has 2 atom stereocenters. The second kappa shape index (κ2) is 4.07. The summed E-state index contributed by atoms with van der Waals surface area (Å²) >= 11 is 2.07. The molecule has 1 saturated heterocycles. The number of halogens is 3. The van der Waals surface area contributed by atoms with Crippen LogP contribution in [0.2, 0.25) is 0 Å². The Balaban J connectivity index is 2.27. The van der Waals surface area contributed by atoms with Crippen LogP contribution in [-0.2, 0) is 0 Å². The number of pyridine rings is 1. The first kappa shape index (κ1) is 10.8. The zero-order chi connectivity index (χ0) is 11.0. The summed E-state index contributed by atoms with van der Waals surface area (Å²) in [4.78, 5) is 5.60. The fourth-order valence-electron chi connectivity index (χ4n) is 1.59. The lowest BCUT2D eigenvalue weighted by Crippen LogP contribution is -2.23. The summed E-state index contributed by atoms with van der Waals surface area (Å²) in [6.45, 7) is 0.0525. The van der Waals surface area contributed by atoms with Crippen molar-refractivity contribution in [2.24, 2.45) is 0 Å². The van der Waals surface area contributed by atoms with Crippen LogP contribution < -0.4 is 10.6 Å². The van der Waals surface area contributed by atoms with E-state index in [9.17, 15) is 8.78 Å². The van der Waals surface area contributed by atoms with E-state index in [0.29, 0.717) is 11.5 Å². The molecule has 6 heteroatoms. The number of hydrogen-bond donors (Lipinski definition) is 1. The van der Waals surface area contributed by atoms with Crippen molar-refractivity contribution < 1.29 is 8.78 Å². The van der Waals surface area contributed by atoms with E-state index in [1.807, 2.05) is 0 Å². The number of nitrogens with two attached hydrogens (primary N) is 1. The molecule has 0 unspecified atom stereocenters. The lowest BCUT2D eigenvalue weighted by atomic mass is 10.3. The van der Waals surface area contributed by atoms with Gasteiger partial charge in [-0.2, -0.15) is 0 Å². The number of nitrogens with zero attached hydrogens (tertiary/aromatic N) is 2. The monoisotopic (exact) mass is 325 g/mol. The van der Waals surface area contributed by atoms with Crippen LogP contribution in [0, 0.1) is 3.57 Å². The summed E-state index contributed by atoms with van der Waals surface area (Å²) < 4.78 is 26.8. The van der Waals surface area contributed by atoms with Gasteiger partial charge in [0.2, 0.25) is 0 Å². The Morgan fingerprint density at radius 2 is 2.00 bits per heavy atom. The van der Waals surface area contributed by atoms with E-state index in [2.05, 4.69) is 27.6 Å². The highest BCUT2D eigenvalue weighted by atomic mass is 127. The van der Waals surface area contributed by atoms with Crippen LogP contribution in [0.15, 0.2) is 12.3 Å². The molecule has 2 N–H and O–H groups in total. The Morgan fingerprint density at radius 1 is 1.40 bits per heavy atom. The first-order valence-corrected chi connectivity index (χ1v) is 5.60. The number of hydrogen-bond acceptors (Lipinski definition) is 3. The molecule has 1 aromatic rings. The molecule has 2 rings (SSSR count). The summed E-state index contributed by atoms with van der Waals surface area (Å²) in [6, 6.07) is 1.76. The molecule has 0 spiro atoms. The zero-order valence-electron chi connectivity index (χ0n) is 7.83. The molecule has 1 aliphatic heterocycles. The Morgan fingerprint density at radius 3 is 2.60 bits per heavy atom. The standard InChI is InChI=1S/C9H10F2IN3/c10-5-3-15(4-6(5)11)9-8(13)7(12)1-2-14-9/h1-2,5-6H,3-4,13H2/t5-,6+. The number of rotatable bonds is 1. The number of aromatic nitrogens is 1. The zero-order valence-corrected chi connectivity index (χ0v) is 9.99. The molecule has 0 amide bonds. The third kappa shape index (κ3) is 1.99. The van der Waals surface area contributed by atoms with Gasteiger partial charge in [0.1, 0.15) is 0 Å². The van der Waals surface area contributed by atoms with Crippen LogP contribution in [0.3, 0.4) is 0 Å².